The third kappa shape index (κ3) is 3.55. The molecule has 0 aromatic heterocycles. The Bertz CT molecular complexity index is 529. The van der Waals surface area contributed by atoms with Crippen LogP contribution in [0.4, 0.5) is 0 Å². The van der Waals surface area contributed by atoms with Crippen LogP contribution >= 0.6 is 0 Å². The minimum Gasteiger partial charge on any atom is -0.348 e. The average molecular weight is 321 g/mol. The van der Waals surface area contributed by atoms with Crippen LogP contribution in [0.3, 0.4) is 0 Å². The Morgan fingerprint density at radius 1 is 1.35 bits per heavy atom. The Labute approximate surface area is 135 Å². The van der Waals surface area contributed by atoms with Gasteiger partial charge in [0.25, 0.3) is 0 Å². The van der Waals surface area contributed by atoms with Crippen molar-refractivity contribution in [2.24, 2.45) is 5.92 Å². The maximum atomic E-state index is 12.0. The zero-order valence-corrected chi connectivity index (χ0v) is 13.2. The van der Waals surface area contributed by atoms with Crippen molar-refractivity contribution < 1.29 is 24.4 Å². The smallest absolute Gasteiger partial charge is 0.346 e. The SMILES string of the molecule is C[C@@H](N[C@@H]1CCC2(C[C@H]1C(=O)OO)OCCO2)c1ccccc1. The van der Waals surface area contributed by atoms with Crippen molar-refractivity contribution in [3.8, 4) is 0 Å². The van der Waals surface area contributed by atoms with Crippen LogP contribution in [-0.4, -0.2) is 36.3 Å². The van der Waals surface area contributed by atoms with Crippen LogP contribution in [0, 0.1) is 5.92 Å². The first kappa shape index (κ1) is 16.4. The lowest BCUT2D eigenvalue weighted by Gasteiger charge is -2.40. The highest BCUT2D eigenvalue weighted by Crippen LogP contribution is 2.40. The predicted octanol–water partition coefficient (Wildman–Crippen LogP) is 2.27. The first-order chi connectivity index (χ1) is 11.1. The van der Waals surface area contributed by atoms with E-state index in [-0.39, 0.29) is 12.1 Å². The van der Waals surface area contributed by atoms with Crippen molar-refractivity contribution in [2.45, 2.75) is 44.1 Å². The lowest BCUT2D eigenvalue weighted by atomic mass is 9.80. The Balaban J connectivity index is 1.71. The highest BCUT2D eigenvalue weighted by molar-refractivity contribution is 5.73. The minimum absolute atomic E-state index is 0.0923. The molecule has 3 rings (SSSR count). The van der Waals surface area contributed by atoms with Crippen LogP contribution < -0.4 is 5.32 Å². The van der Waals surface area contributed by atoms with Gasteiger partial charge in [-0.2, -0.15) is 5.26 Å². The second-order valence-corrected chi connectivity index (χ2v) is 6.27. The van der Waals surface area contributed by atoms with Gasteiger partial charge in [-0.3, -0.25) is 0 Å². The molecule has 1 saturated heterocycles. The summed E-state index contributed by atoms with van der Waals surface area (Å²) in [7, 11) is 0. The normalized spacial score (nSPS) is 27.7. The average Bonchev–Trinajstić information content (AvgIpc) is 3.04. The molecule has 1 aliphatic carbocycles. The number of benzene rings is 1. The zero-order chi connectivity index (χ0) is 16.3. The molecule has 0 bridgehead atoms. The van der Waals surface area contributed by atoms with E-state index in [4.69, 9.17) is 14.7 Å². The van der Waals surface area contributed by atoms with E-state index >= 15 is 0 Å². The summed E-state index contributed by atoms with van der Waals surface area (Å²) in [5.74, 6) is -1.84. The molecule has 1 aliphatic heterocycles. The standard InChI is InChI=1S/C17H23NO5/c1-12(13-5-3-2-4-6-13)18-15-7-8-17(21-9-10-22-17)11-14(15)16(19)23-20/h2-6,12,14-15,18,20H,7-11H2,1H3/t12-,14-,15-/m1/s1. The van der Waals surface area contributed by atoms with E-state index in [9.17, 15) is 4.79 Å². The van der Waals surface area contributed by atoms with Crippen LogP contribution in [0.1, 0.15) is 37.8 Å². The molecule has 1 heterocycles. The van der Waals surface area contributed by atoms with Crippen molar-refractivity contribution in [1.82, 2.24) is 5.32 Å². The van der Waals surface area contributed by atoms with Crippen LogP contribution in [0.2, 0.25) is 0 Å². The largest absolute Gasteiger partial charge is 0.348 e. The van der Waals surface area contributed by atoms with Crippen molar-refractivity contribution in [3.63, 3.8) is 0 Å². The van der Waals surface area contributed by atoms with Gasteiger partial charge in [0.05, 0.1) is 19.1 Å². The fraction of sp³-hybridized carbons (Fsp3) is 0.588. The molecule has 126 valence electrons. The number of rotatable bonds is 4. The molecule has 23 heavy (non-hydrogen) atoms. The van der Waals surface area contributed by atoms with E-state index < -0.39 is 17.7 Å². The Morgan fingerprint density at radius 3 is 2.70 bits per heavy atom. The third-order valence-electron chi connectivity index (χ3n) is 4.82. The van der Waals surface area contributed by atoms with Crippen molar-refractivity contribution in [3.05, 3.63) is 35.9 Å². The second-order valence-electron chi connectivity index (χ2n) is 6.27. The molecule has 2 aliphatic rings. The van der Waals surface area contributed by atoms with E-state index in [0.29, 0.717) is 19.6 Å². The topological polar surface area (TPSA) is 77.0 Å². The van der Waals surface area contributed by atoms with E-state index in [0.717, 1.165) is 18.4 Å². The lowest BCUT2D eigenvalue weighted by molar-refractivity contribution is -0.250. The number of hydrogen-bond acceptors (Lipinski definition) is 6. The maximum absolute atomic E-state index is 12.0. The van der Waals surface area contributed by atoms with Gasteiger partial charge in [-0.05, 0) is 18.9 Å². The molecule has 6 heteroatoms. The zero-order valence-electron chi connectivity index (χ0n) is 13.2. The summed E-state index contributed by atoms with van der Waals surface area (Å²) in [4.78, 5) is 16.0. The first-order valence-corrected chi connectivity index (χ1v) is 8.08. The first-order valence-electron chi connectivity index (χ1n) is 8.08. The number of carbonyl (C=O) groups excluding carboxylic acids is 1. The van der Waals surface area contributed by atoms with E-state index in [2.05, 4.69) is 17.1 Å². The Hall–Kier alpha value is -1.47. The van der Waals surface area contributed by atoms with Crippen LogP contribution in [-0.2, 0) is 19.2 Å². The second kappa shape index (κ2) is 6.97. The summed E-state index contributed by atoms with van der Waals surface area (Å²) in [6.45, 7) is 3.14. The van der Waals surface area contributed by atoms with Crippen LogP contribution in [0.15, 0.2) is 30.3 Å². The highest BCUT2D eigenvalue weighted by atomic mass is 17.1. The van der Waals surface area contributed by atoms with Gasteiger partial charge >= 0.3 is 5.97 Å². The van der Waals surface area contributed by atoms with Gasteiger partial charge in [0.15, 0.2) is 5.79 Å². The molecule has 1 aromatic rings. The number of carbonyl (C=O) groups is 1. The van der Waals surface area contributed by atoms with E-state index in [1.165, 1.54) is 0 Å². The van der Waals surface area contributed by atoms with Gasteiger partial charge in [-0.15, -0.1) is 0 Å². The summed E-state index contributed by atoms with van der Waals surface area (Å²) in [5, 5.41) is 12.3. The Kier molecular flexibility index (Phi) is 4.96. The van der Waals surface area contributed by atoms with Gasteiger partial charge in [-0.25, -0.2) is 4.79 Å². The molecule has 0 unspecified atom stereocenters. The summed E-state index contributed by atoms with van der Waals surface area (Å²) in [5.41, 5.74) is 1.15. The number of hydrogen-bond donors (Lipinski definition) is 2. The molecular weight excluding hydrogens is 298 g/mol. The van der Waals surface area contributed by atoms with Crippen molar-refractivity contribution >= 4 is 5.97 Å². The van der Waals surface area contributed by atoms with Gasteiger partial charge < -0.3 is 19.7 Å². The number of ether oxygens (including phenoxy) is 2. The molecule has 0 amide bonds. The van der Waals surface area contributed by atoms with Crippen LogP contribution in [0.5, 0.6) is 0 Å². The molecule has 3 atom stereocenters. The summed E-state index contributed by atoms with van der Waals surface area (Å²) >= 11 is 0. The fourth-order valence-electron chi connectivity index (χ4n) is 3.59. The molecule has 1 aromatic carbocycles. The minimum atomic E-state index is -0.701. The van der Waals surface area contributed by atoms with Gasteiger partial charge in [-0.1, -0.05) is 30.3 Å². The van der Waals surface area contributed by atoms with Gasteiger partial charge in [0.2, 0.25) is 0 Å². The summed E-state index contributed by atoms with van der Waals surface area (Å²) in [6.07, 6.45) is 1.84. The third-order valence-corrected chi connectivity index (χ3v) is 4.82. The predicted molar refractivity (Wildman–Crippen MR) is 82.5 cm³/mol. The molecular formula is C17H23NO5. The Morgan fingerprint density at radius 2 is 2.04 bits per heavy atom. The highest BCUT2D eigenvalue weighted by Gasteiger charge is 2.48. The molecule has 2 N–H and O–H groups in total. The van der Waals surface area contributed by atoms with Crippen LogP contribution in [0.25, 0.3) is 0 Å². The molecule has 6 nitrogen and oxygen atoms in total. The molecule has 2 fully saturated rings. The van der Waals surface area contributed by atoms with E-state index in [1.54, 1.807) is 0 Å². The summed E-state index contributed by atoms with van der Waals surface area (Å²) < 4.78 is 11.4. The van der Waals surface area contributed by atoms with E-state index in [1.807, 2.05) is 30.3 Å². The molecule has 0 radical (unpaired) electrons. The van der Waals surface area contributed by atoms with Gasteiger partial charge in [0.1, 0.15) is 0 Å². The molecule has 1 spiro atoms. The fourth-order valence-corrected chi connectivity index (χ4v) is 3.59. The summed E-state index contributed by atoms with van der Waals surface area (Å²) in [6, 6.07) is 10.0. The van der Waals surface area contributed by atoms with Crippen molar-refractivity contribution in [1.29, 1.82) is 0 Å². The van der Waals surface area contributed by atoms with Gasteiger partial charge in [0, 0.05) is 24.9 Å². The van der Waals surface area contributed by atoms with Crippen molar-refractivity contribution in [2.75, 3.05) is 13.2 Å². The molecule has 1 saturated carbocycles. The monoisotopic (exact) mass is 321 g/mol. The quantitative estimate of drug-likeness (QED) is 0.654. The number of nitrogens with one attached hydrogen (secondary N) is 1. The maximum Gasteiger partial charge on any atom is 0.346 e. The lowest BCUT2D eigenvalue weighted by Crippen LogP contribution is -2.51.